The van der Waals surface area contributed by atoms with Crippen LogP contribution in [0, 0.1) is 0 Å². The van der Waals surface area contributed by atoms with Crippen molar-refractivity contribution in [2.45, 2.75) is 12.3 Å². The molecule has 1 aromatic carbocycles. The fraction of sp³-hybridized carbons (Fsp3) is 0.333. The van der Waals surface area contributed by atoms with E-state index in [0.29, 0.717) is 17.4 Å². The number of thioether (sulfide) groups is 1. The van der Waals surface area contributed by atoms with Crippen molar-refractivity contribution in [2.24, 2.45) is 0 Å². The number of anilines is 1. The first-order valence-corrected chi connectivity index (χ1v) is 6.76. The maximum atomic E-state index is 5.89. The number of nitrogens with two attached hydrogens (primary N) is 1. The van der Waals surface area contributed by atoms with Crippen LogP contribution in [-0.2, 0) is 0 Å². The van der Waals surface area contributed by atoms with E-state index >= 15 is 0 Å². The number of para-hydroxylation sites is 1. The minimum absolute atomic E-state index is 0.409. The summed E-state index contributed by atoms with van der Waals surface area (Å²) in [5.74, 6) is 4.00. The summed E-state index contributed by atoms with van der Waals surface area (Å²) in [6, 6.07) is 7.57. The first kappa shape index (κ1) is 10.7. The normalized spacial score (nSPS) is 19.6. The molecule has 2 N–H and O–H groups in total. The van der Waals surface area contributed by atoms with Gasteiger partial charge in [-0.25, -0.2) is 0 Å². The molecule has 1 aliphatic heterocycles. The maximum absolute atomic E-state index is 5.89. The van der Waals surface area contributed by atoms with Gasteiger partial charge in [0, 0.05) is 22.9 Å². The molecule has 0 radical (unpaired) electrons. The minimum atomic E-state index is 0.409. The molecule has 0 spiro atoms. The van der Waals surface area contributed by atoms with E-state index in [1.165, 1.54) is 5.75 Å². The molecule has 1 atom stereocenters. The SMILES string of the molecule is Nc1ccccc1-c1noc(C2CCSC2)n1. The molecule has 1 saturated heterocycles. The van der Waals surface area contributed by atoms with E-state index in [1.54, 1.807) is 0 Å². The van der Waals surface area contributed by atoms with Crippen LogP contribution in [-0.4, -0.2) is 21.6 Å². The molecule has 0 saturated carbocycles. The Morgan fingerprint density at radius 3 is 3.00 bits per heavy atom. The standard InChI is InChI=1S/C12H13N3OS/c13-10-4-2-1-3-9(10)11-14-12(16-15-11)8-5-6-17-7-8/h1-4,8H,5-7,13H2. The summed E-state index contributed by atoms with van der Waals surface area (Å²) < 4.78 is 5.33. The maximum Gasteiger partial charge on any atom is 0.230 e. The molecule has 1 fully saturated rings. The lowest BCUT2D eigenvalue weighted by Crippen LogP contribution is -1.96. The van der Waals surface area contributed by atoms with Gasteiger partial charge in [-0.15, -0.1) is 0 Å². The minimum Gasteiger partial charge on any atom is -0.398 e. The van der Waals surface area contributed by atoms with Crippen LogP contribution in [0.4, 0.5) is 5.69 Å². The number of nitrogen functional groups attached to an aromatic ring is 1. The molecule has 1 aromatic heterocycles. The second kappa shape index (κ2) is 4.41. The summed E-state index contributed by atoms with van der Waals surface area (Å²) in [4.78, 5) is 4.45. The van der Waals surface area contributed by atoms with Crippen LogP contribution >= 0.6 is 11.8 Å². The quantitative estimate of drug-likeness (QED) is 0.826. The molecule has 0 bridgehead atoms. The fourth-order valence-electron chi connectivity index (χ4n) is 1.94. The zero-order valence-corrected chi connectivity index (χ0v) is 10.1. The van der Waals surface area contributed by atoms with Gasteiger partial charge in [0.15, 0.2) is 0 Å². The molecule has 1 aliphatic rings. The van der Waals surface area contributed by atoms with Crippen molar-refractivity contribution in [1.29, 1.82) is 0 Å². The molecule has 0 aliphatic carbocycles. The van der Waals surface area contributed by atoms with Gasteiger partial charge in [0.2, 0.25) is 11.7 Å². The number of aromatic nitrogens is 2. The molecule has 3 rings (SSSR count). The third kappa shape index (κ3) is 2.02. The lowest BCUT2D eigenvalue weighted by Gasteiger charge is -1.99. The van der Waals surface area contributed by atoms with Gasteiger partial charge in [-0.3, -0.25) is 0 Å². The summed E-state index contributed by atoms with van der Waals surface area (Å²) in [5, 5.41) is 4.02. The summed E-state index contributed by atoms with van der Waals surface area (Å²) in [6.45, 7) is 0. The van der Waals surface area contributed by atoms with Crippen molar-refractivity contribution in [1.82, 2.24) is 10.1 Å². The van der Waals surface area contributed by atoms with E-state index in [1.807, 2.05) is 36.0 Å². The first-order chi connectivity index (χ1) is 8.34. The van der Waals surface area contributed by atoms with Crippen molar-refractivity contribution in [3.05, 3.63) is 30.2 Å². The van der Waals surface area contributed by atoms with Crippen LogP contribution in [0.1, 0.15) is 18.2 Å². The topological polar surface area (TPSA) is 64.9 Å². The number of hydrogen-bond acceptors (Lipinski definition) is 5. The first-order valence-electron chi connectivity index (χ1n) is 5.61. The highest BCUT2D eigenvalue weighted by molar-refractivity contribution is 7.99. The Balaban J connectivity index is 1.92. The van der Waals surface area contributed by atoms with Gasteiger partial charge in [0.25, 0.3) is 0 Å². The number of hydrogen-bond donors (Lipinski definition) is 1. The lowest BCUT2D eigenvalue weighted by atomic mass is 10.1. The fourth-order valence-corrected chi connectivity index (χ4v) is 3.15. The second-order valence-corrected chi connectivity index (χ2v) is 5.25. The van der Waals surface area contributed by atoms with Crippen LogP contribution in [0.5, 0.6) is 0 Å². The van der Waals surface area contributed by atoms with E-state index in [-0.39, 0.29) is 0 Å². The van der Waals surface area contributed by atoms with Gasteiger partial charge in [0.1, 0.15) is 0 Å². The van der Waals surface area contributed by atoms with Crippen molar-refractivity contribution >= 4 is 17.4 Å². The van der Waals surface area contributed by atoms with Crippen LogP contribution < -0.4 is 5.73 Å². The highest BCUT2D eigenvalue weighted by atomic mass is 32.2. The summed E-state index contributed by atoms with van der Waals surface area (Å²) >= 11 is 1.93. The number of benzene rings is 1. The van der Waals surface area contributed by atoms with Gasteiger partial charge in [-0.1, -0.05) is 17.3 Å². The highest BCUT2D eigenvalue weighted by Gasteiger charge is 2.24. The third-order valence-electron chi connectivity index (χ3n) is 2.92. The monoisotopic (exact) mass is 247 g/mol. The Hall–Kier alpha value is -1.49. The molecule has 0 amide bonds. The molecule has 4 nitrogen and oxygen atoms in total. The van der Waals surface area contributed by atoms with Gasteiger partial charge < -0.3 is 10.3 Å². The highest BCUT2D eigenvalue weighted by Crippen LogP contribution is 2.32. The zero-order chi connectivity index (χ0) is 11.7. The Labute approximate surface area is 104 Å². The molecule has 88 valence electrons. The van der Waals surface area contributed by atoms with E-state index in [4.69, 9.17) is 10.3 Å². The Kier molecular flexibility index (Phi) is 2.76. The van der Waals surface area contributed by atoms with Gasteiger partial charge in [0.05, 0.1) is 0 Å². The Morgan fingerprint density at radius 2 is 2.24 bits per heavy atom. The Morgan fingerprint density at radius 1 is 1.35 bits per heavy atom. The molecular formula is C12H13N3OS. The van der Waals surface area contributed by atoms with Crippen molar-refractivity contribution < 1.29 is 4.52 Å². The van der Waals surface area contributed by atoms with E-state index in [2.05, 4.69) is 10.1 Å². The van der Waals surface area contributed by atoms with Crippen molar-refractivity contribution in [2.75, 3.05) is 17.2 Å². The summed E-state index contributed by atoms with van der Waals surface area (Å²) in [5.41, 5.74) is 7.41. The largest absolute Gasteiger partial charge is 0.398 e. The number of nitrogens with zero attached hydrogens (tertiary/aromatic N) is 2. The van der Waals surface area contributed by atoms with E-state index in [0.717, 1.165) is 23.6 Å². The predicted molar refractivity (Wildman–Crippen MR) is 68.8 cm³/mol. The van der Waals surface area contributed by atoms with E-state index < -0.39 is 0 Å². The smallest absolute Gasteiger partial charge is 0.230 e. The molecule has 2 heterocycles. The molecular weight excluding hydrogens is 234 g/mol. The van der Waals surface area contributed by atoms with Crippen LogP contribution in [0.3, 0.4) is 0 Å². The van der Waals surface area contributed by atoms with Crippen molar-refractivity contribution in [3.8, 4) is 11.4 Å². The van der Waals surface area contributed by atoms with Crippen LogP contribution in [0.15, 0.2) is 28.8 Å². The molecule has 5 heteroatoms. The summed E-state index contributed by atoms with van der Waals surface area (Å²) in [7, 11) is 0. The van der Waals surface area contributed by atoms with Gasteiger partial charge >= 0.3 is 0 Å². The Bertz CT molecular complexity index is 520. The van der Waals surface area contributed by atoms with E-state index in [9.17, 15) is 0 Å². The molecule has 1 unspecified atom stereocenters. The molecule has 17 heavy (non-hydrogen) atoms. The average Bonchev–Trinajstić information content (AvgIpc) is 3.00. The second-order valence-electron chi connectivity index (χ2n) is 4.10. The number of rotatable bonds is 2. The zero-order valence-electron chi connectivity index (χ0n) is 9.30. The lowest BCUT2D eigenvalue weighted by molar-refractivity contribution is 0.361. The summed E-state index contributed by atoms with van der Waals surface area (Å²) in [6.07, 6.45) is 1.12. The predicted octanol–water partition coefficient (Wildman–Crippen LogP) is 2.54. The van der Waals surface area contributed by atoms with Gasteiger partial charge in [-0.05, 0) is 24.3 Å². The van der Waals surface area contributed by atoms with Crippen molar-refractivity contribution in [3.63, 3.8) is 0 Å². The average molecular weight is 247 g/mol. The molecule has 2 aromatic rings. The third-order valence-corrected chi connectivity index (χ3v) is 4.08. The van der Waals surface area contributed by atoms with Crippen LogP contribution in [0.25, 0.3) is 11.4 Å². The van der Waals surface area contributed by atoms with Gasteiger partial charge in [-0.2, -0.15) is 16.7 Å². The van der Waals surface area contributed by atoms with Crippen LogP contribution in [0.2, 0.25) is 0 Å².